The number of nitrogens with zero attached hydrogens (tertiary/aromatic N) is 1. The van der Waals surface area contributed by atoms with Crippen LogP contribution in [-0.2, 0) is 14.8 Å². The van der Waals surface area contributed by atoms with E-state index in [1.807, 2.05) is 6.92 Å². The molecule has 0 aromatic heterocycles. The Bertz CT molecular complexity index is 642. The molecule has 7 heteroatoms. The van der Waals surface area contributed by atoms with Crippen molar-refractivity contribution in [1.82, 2.24) is 4.31 Å². The first kappa shape index (κ1) is 15.9. The molecule has 0 radical (unpaired) electrons. The minimum Gasteiger partial charge on any atom is -0.375 e. The van der Waals surface area contributed by atoms with Crippen molar-refractivity contribution in [1.29, 1.82) is 0 Å². The quantitative estimate of drug-likeness (QED) is 0.894. The highest BCUT2D eigenvalue weighted by Crippen LogP contribution is 2.22. The zero-order valence-electron chi connectivity index (χ0n) is 12.2. The number of aryl methyl sites for hydroxylation is 1. The van der Waals surface area contributed by atoms with E-state index >= 15 is 0 Å². The van der Waals surface area contributed by atoms with Crippen LogP contribution in [0.2, 0.25) is 0 Å². The minimum atomic E-state index is -3.63. The lowest BCUT2D eigenvalue weighted by atomic mass is 10.1. The maximum Gasteiger partial charge on any atom is 0.249 e. The summed E-state index contributed by atoms with van der Waals surface area (Å²) in [4.78, 5) is 11.5. The highest BCUT2D eigenvalue weighted by atomic mass is 32.2. The molecule has 1 saturated heterocycles. The summed E-state index contributed by atoms with van der Waals surface area (Å²) in [5.41, 5.74) is 6.18. The first-order valence-corrected chi connectivity index (χ1v) is 8.32. The number of carbonyl (C=O) groups is 1. The summed E-state index contributed by atoms with van der Waals surface area (Å²) < 4.78 is 32.2. The third-order valence-electron chi connectivity index (χ3n) is 3.67. The van der Waals surface area contributed by atoms with Gasteiger partial charge in [-0.1, -0.05) is 13.0 Å². The van der Waals surface area contributed by atoms with Crippen LogP contribution in [0.15, 0.2) is 23.1 Å². The van der Waals surface area contributed by atoms with Gasteiger partial charge in [-0.3, -0.25) is 4.79 Å². The molecule has 6 nitrogen and oxygen atoms in total. The molecule has 2 rings (SSSR count). The second-order valence-electron chi connectivity index (χ2n) is 5.11. The van der Waals surface area contributed by atoms with Gasteiger partial charge in [-0.15, -0.1) is 0 Å². The molecule has 1 atom stereocenters. The van der Waals surface area contributed by atoms with Gasteiger partial charge in [-0.05, 0) is 31.0 Å². The Morgan fingerprint density at radius 2 is 2.19 bits per heavy atom. The van der Waals surface area contributed by atoms with Gasteiger partial charge >= 0.3 is 0 Å². The number of hydrogen-bond donors (Lipinski definition) is 1. The molecule has 0 aliphatic carbocycles. The largest absolute Gasteiger partial charge is 0.375 e. The van der Waals surface area contributed by atoms with Crippen molar-refractivity contribution in [3.05, 3.63) is 29.3 Å². The molecule has 0 spiro atoms. The zero-order chi connectivity index (χ0) is 15.6. The maximum absolute atomic E-state index is 12.7. The van der Waals surface area contributed by atoms with Crippen LogP contribution in [0.5, 0.6) is 0 Å². The van der Waals surface area contributed by atoms with Gasteiger partial charge in [0.05, 0.1) is 17.6 Å². The van der Waals surface area contributed by atoms with E-state index in [0.717, 1.165) is 6.42 Å². The lowest BCUT2D eigenvalue weighted by Crippen LogP contribution is -2.45. The average molecular weight is 312 g/mol. The molecule has 1 amide bonds. The standard InChI is InChI=1S/C14H20N2O4S/c1-3-11-9-16(6-7-20-11)21(18,19)12-5-4-10(2)13(8-12)14(15)17/h4-5,8,11H,3,6-7,9H2,1-2H3,(H2,15,17)/t11-/m0/s1. The monoisotopic (exact) mass is 312 g/mol. The van der Waals surface area contributed by atoms with Crippen LogP contribution in [0.1, 0.15) is 29.3 Å². The summed E-state index contributed by atoms with van der Waals surface area (Å²) in [6, 6.07) is 4.46. The normalized spacial score (nSPS) is 20.4. The van der Waals surface area contributed by atoms with Crippen molar-refractivity contribution in [2.45, 2.75) is 31.3 Å². The van der Waals surface area contributed by atoms with Crippen LogP contribution < -0.4 is 5.73 Å². The molecular formula is C14H20N2O4S. The Morgan fingerprint density at radius 1 is 1.48 bits per heavy atom. The number of nitrogens with two attached hydrogens (primary N) is 1. The predicted octanol–water partition coefficient (Wildman–Crippen LogP) is 0.893. The Balaban J connectivity index is 2.35. The molecule has 21 heavy (non-hydrogen) atoms. The maximum atomic E-state index is 12.7. The Labute approximate surface area is 124 Å². The van der Waals surface area contributed by atoms with E-state index in [1.54, 1.807) is 13.0 Å². The van der Waals surface area contributed by atoms with Crippen LogP contribution in [0, 0.1) is 6.92 Å². The number of rotatable bonds is 4. The SMILES string of the molecule is CC[C@H]1CN(S(=O)(=O)c2ccc(C)c(C(N)=O)c2)CCO1. The fraction of sp³-hybridized carbons (Fsp3) is 0.500. The van der Waals surface area contributed by atoms with Crippen molar-refractivity contribution >= 4 is 15.9 Å². The van der Waals surface area contributed by atoms with E-state index in [-0.39, 0.29) is 16.6 Å². The lowest BCUT2D eigenvalue weighted by molar-refractivity contribution is -0.00278. The highest BCUT2D eigenvalue weighted by molar-refractivity contribution is 7.89. The average Bonchev–Trinajstić information content (AvgIpc) is 2.47. The minimum absolute atomic E-state index is 0.0883. The molecule has 1 heterocycles. The molecule has 1 aliphatic heterocycles. The number of morpholine rings is 1. The number of primary amides is 1. The summed E-state index contributed by atoms with van der Waals surface area (Å²) in [7, 11) is -3.63. The van der Waals surface area contributed by atoms with Crippen molar-refractivity contribution in [2.24, 2.45) is 5.73 Å². The van der Waals surface area contributed by atoms with E-state index in [2.05, 4.69) is 0 Å². The molecule has 0 bridgehead atoms. The fourth-order valence-electron chi connectivity index (χ4n) is 2.33. The molecule has 1 aromatic rings. The molecule has 116 valence electrons. The molecule has 2 N–H and O–H groups in total. The predicted molar refractivity (Wildman–Crippen MR) is 78.5 cm³/mol. The van der Waals surface area contributed by atoms with Gasteiger partial charge < -0.3 is 10.5 Å². The summed E-state index contributed by atoms with van der Waals surface area (Å²) in [6.45, 7) is 4.71. The number of ether oxygens (including phenoxy) is 1. The van der Waals surface area contributed by atoms with Gasteiger partial charge in [0.25, 0.3) is 0 Å². The first-order valence-electron chi connectivity index (χ1n) is 6.88. The third kappa shape index (κ3) is 3.25. The van der Waals surface area contributed by atoms with Crippen LogP contribution in [0.3, 0.4) is 0 Å². The topological polar surface area (TPSA) is 89.7 Å². The van der Waals surface area contributed by atoms with E-state index in [9.17, 15) is 13.2 Å². The van der Waals surface area contributed by atoms with Gasteiger partial charge in [0.15, 0.2) is 0 Å². The fourth-order valence-corrected chi connectivity index (χ4v) is 3.82. The molecule has 0 saturated carbocycles. The van der Waals surface area contributed by atoms with Crippen LogP contribution >= 0.6 is 0 Å². The molecule has 0 unspecified atom stereocenters. The molecule has 1 aliphatic rings. The van der Waals surface area contributed by atoms with Crippen LogP contribution in [-0.4, -0.2) is 44.4 Å². The number of amides is 1. The highest BCUT2D eigenvalue weighted by Gasteiger charge is 2.30. The first-order chi connectivity index (χ1) is 9.86. The van der Waals surface area contributed by atoms with Crippen molar-refractivity contribution in [3.8, 4) is 0 Å². The van der Waals surface area contributed by atoms with Gasteiger partial charge in [0.2, 0.25) is 15.9 Å². The van der Waals surface area contributed by atoms with E-state index in [1.165, 1.54) is 16.4 Å². The number of benzene rings is 1. The van der Waals surface area contributed by atoms with Crippen LogP contribution in [0.4, 0.5) is 0 Å². The number of carbonyl (C=O) groups excluding carboxylic acids is 1. The Hall–Kier alpha value is -1.44. The number of sulfonamides is 1. The summed E-state index contributed by atoms with van der Waals surface area (Å²) in [5.74, 6) is -0.627. The summed E-state index contributed by atoms with van der Waals surface area (Å²) >= 11 is 0. The van der Waals surface area contributed by atoms with E-state index < -0.39 is 15.9 Å². The van der Waals surface area contributed by atoms with Crippen molar-refractivity contribution in [2.75, 3.05) is 19.7 Å². The zero-order valence-corrected chi connectivity index (χ0v) is 13.0. The van der Waals surface area contributed by atoms with E-state index in [4.69, 9.17) is 10.5 Å². The smallest absolute Gasteiger partial charge is 0.249 e. The van der Waals surface area contributed by atoms with Crippen molar-refractivity contribution < 1.29 is 17.9 Å². The molecule has 1 aromatic carbocycles. The lowest BCUT2D eigenvalue weighted by Gasteiger charge is -2.31. The van der Waals surface area contributed by atoms with E-state index in [0.29, 0.717) is 25.3 Å². The molecule has 1 fully saturated rings. The van der Waals surface area contributed by atoms with Crippen molar-refractivity contribution in [3.63, 3.8) is 0 Å². The second kappa shape index (κ2) is 6.13. The van der Waals surface area contributed by atoms with Gasteiger partial charge in [0.1, 0.15) is 0 Å². The summed E-state index contributed by atoms with van der Waals surface area (Å²) in [6.07, 6.45) is 0.668. The Kier molecular flexibility index (Phi) is 4.65. The Morgan fingerprint density at radius 3 is 2.81 bits per heavy atom. The van der Waals surface area contributed by atoms with Gasteiger partial charge in [0, 0.05) is 18.7 Å². The van der Waals surface area contributed by atoms with Gasteiger partial charge in [-0.25, -0.2) is 8.42 Å². The molecular weight excluding hydrogens is 292 g/mol. The van der Waals surface area contributed by atoms with Crippen LogP contribution in [0.25, 0.3) is 0 Å². The van der Waals surface area contributed by atoms with Gasteiger partial charge in [-0.2, -0.15) is 4.31 Å². The second-order valence-corrected chi connectivity index (χ2v) is 7.04. The number of hydrogen-bond acceptors (Lipinski definition) is 4. The third-order valence-corrected chi connectivity index (χ3v) is 5.53. The summed E-state index contributed by atoms with van der Waals surface area (Å²) in [5, 5.41) is 0.